The summed E-state index contributed by atoms with van der Waals surface area (Å²) in [7, 11) is 0. The average molecular weight is 221 g/mol. The second kappa shape index (κ2) is 11.8. The van der Waals surface area contributed by atoms with Crippen LogP contribution in [-0.2, 0) is 0 Å². The Bertz CT molecular complexity index is 257. The molecule has 1 aliphatic rings. The highest BCUT2D eigenvalue weighted by Gasteiger charge is 1.81. The summed E-state index contributed by atoms with van der Waals surface area (Å²) >= 11 is 0. The molecule has 1 nitrogen and oxygen atoms in total. The van der Waals surface area contributed by atoms with Crippen molar-refractivity contribution in [1.82, 2.24) is 0 Å². The van der Waals surface area contributed by atoms with Gasteiger partial charge < -0.3 is 5.73 Å². The van der Waals surface area contributed by atoms with Gasteiger partial charge in [-0.15, -0.1) is 0 Å². The Hall–Kier alpha value is -1.24. The molecule has 0 heterocycles. The van der Waals surface area contributed by atoms with Crippen LogP contribution < -0.4 is 5.73 Å². The van der Waals surface area contributed by atoms with Gasteiger partial charge >= 0.3 is 0 Å². The van der Waals surface area contributed by atoms with Crippen molar-refractivity contribution in [2.24, 2.45) is 5.73 Å². The van der Waals surface area contributed by atoms with Crippen LogP contribution in [0.3, 0.4) is 0 Å². The van der Waals surface area contributed by atoms with Gasteiger partial charge in [-0.2, -0.15) is 0 Å². The largest absolute Gasteiger partial charge is 0.402 e. The third-order valence-corrected chi connectivity index (χ3v) is 1.97. The van der Waals surface area contributed by atoms with Crippen LogP contribution in [0.2, 0.25) is 0 Å². The Kier molecular flexibility index (Phi) is 12.7. The minimum atomic E-state index is 0.926. The van der Waals surface area contributed by atoms with E-state index in [4.69, 9.17) is 5.73 Å². The fourth-order valence-electron chi connectivity index (χ4n) is 0.686. The first-order valence-electron chi connectivity index (χ1n) is 5.93. The zero-order valence-corrected chi connectivity index (χ0v) is 11.7. The number of allylic oxidation sites excluding steroid dienone is 8. The van der Waals surface area contributed by atoms with E-state index < -0.39 is 0 Å². The van der Waals surface area contributed by atoms with E-state index in [-0.39, 0.29) is 0 Å². The molecule has 0 radical (unpaired) electrons. The first kappa shape index (κ1) is 17.2. The van der Waals surface area contributed by atoms with Crippen LogP contribution in [-0.4, -0.2) is 0 Å². The molecule has 2 N–H and O–H groups in total. The molecule has 0 aromatic heterocycles. The third-order valence-electron chi connectivity index (χ3n) is 1.97. The topological polar surface area (TPSA) is 26.0 Å². The molecular weight excluding hydrogens is 194 g/mol. The molecule has 1 rings (SSSR count). The first-order chi connectivity index (χ1) is 7.54. The Morgan fingerprint density at radius 1 is 1.12 bits per heavy atom. The monoisotopic (exact) mass is 221 g/mol. The molecule has 0 spiro atoms. The number of hydrogen-bond acceptors (Lipinski definition) is 1. The van der Waals surface area contributed by atoms with Crippen molar-refractivity contribution < 1.29 is 0 Å². The molecule has 0 fully saturated rings. The van der Waals surface area contributed by atoms with Gasteiger partial charge in [0.2, 0.25) is 0 Å². The lowest BCUT2D eigenvalue weighted by molar-refractivity contribution is 1.19. The van der Waals surface area contributed by atoms with E-state index >= 15 is 0 Å². The second-order valence-corrected chi connectivity index (χ2v) is 3.65. The van der Waals surface area contributed by atoms with E-state index in [1.165, 1.54) is 11.1 Å². The Labute approximate surface area is 101 Å². The first-order valence-corrected chi connectivity index (χ1v) is 5.93. The van der Waals surface area contributed by atoms with Crippen molar-refractivity contribution in [3.63, 3.8) is 0 Å². The summed E-state index contributed by atoms with van der Waals surface area (Å²) in [6.07, 6.45) is 11.7. The molecule has 0 atom stereocenters. The maximum Gasteiger partial charge on any atom is 0.00351 e. The minimum Gasteiger partial charge on any atom is -0.402 e. The van der Waals surface area contributed by atoms with Crippen molar-refractivity contribution in [2.75, 3.05) is 0 Å². The standard InChI is InChI=1S/C8H10.C5H11N.C2H6/c1-8-6-4-2-3-5-7-8;1-4(2)5(3)6;1-2/h2-4,6-7H,5H2,1H3;6H2,1-3H3;1-2H3. The van der Waals surface area contributed by atoms with Gasteiger partial charge in [-0.3, -0.25) is 0 Å². The Morgan fingerprint density at radius 3 is 2.06 bits per heavy atom. The van der Waals surface area contributed by atoms with Crippen LogP contribution in [0.25, 0.3) is 0 Å². The summed E-state index contributed by atoms with van der Waals surface area (Å²) in [6, 6.07) is 0. The summed E-state index contributed by atoms with van der Waals surface area (Å²) in [6.45, 7) is 12.0. The number of hydrogen-bond donors (Lipinski definition) is 1. The smallest absolute Gasteiger partial charge is 0.00351 e. The van der Waals surface area contributed by atoms with Gasteiger partial charge in [0.15, 0.2) is 0 Å². The lowest BCUT2D eigenvalue weighted by atomic mass is 10.2. The van der Waals surface area contributed by atoms with Gasteiger partial charge in [0.1, 0.15) is 0 Å². The van der Waals surface area contributed by atoms with Crippen molar-refractivity contribution in [3.05, 3.63) is 47.2 Å². The fraction of sp³-hybridized carbons (Fsp3) is 0.467. The van der Waals surface area contributed by atoms with Crippen LogP contribution in [0, 0.1) is 0 Å². The van der Waals surface area contributed by atoms with E-state index in [0.717, 1.165) is 12.1 Å². The van der Waals surface area contributed by atoms with Crippen LogP contribution >= 0.6 is 0 Å². The number of nitrogens with two attached hydrogens (primary N) is 1. The highest BCUT2D eigenvalue weighted by atomic mass is 14.5. The van der Waals surface area contributed by atoms with Gasteiger partial charge in [0.05, 0.1) is 0 Å². The van der Waals surface area contributed by atoms with E-state index in [0.29, 0.717) is 0 Å². The lowest BCUT2D eigenvalue weighted by Crippen LogP contribution is -1.91. The minimum absolute atomic E-state index is 0.926. The van der Waals surface area contributed by atoms with Gasteiger partial charge in [0.25, 0.3) is 0 Å². The van der Waals surface area contributed by atoms with E-state index in [2.05, 4.69) is 37.3 Å². The van der Waals surface area contributed by atoms with E-state index in [1.54, 1.807) is 0 Å². The molecular formula is C15H27N. The van der Waals surface area contributed by atoms with Crippen LogP contribution in [0.1, 0.15) is 48.0 Å². The molecule has 0 amide bonds. The summed E-state index contributed by atoms with van der Waals surface area (Å²) in [5, 5.41) is 0. The van der Waals surface area contributed by atoms with E-state index in [9.17, 15) is 0 Å². The average Bonchev–Trinajstić information content (AvgIpc) is 2.49. The second-order valence-electron chi connectivity index (χ2n) is 3.65. The quantitative estimate of drug-likeness (QED) is 0.628. The van der Waals surface area contributed by atoms with Crippen molar-refractivity contribution >= 4 is 0 Å². The van der Waals surface area contributed by atoms with Gasteiger partial charge in [-0.25, -0.2) is 0 Å². The Balaban J connectivity index is 0. The normalized spacial score (nSPS) is 12.2. The molecule has 0 aromatic rings. The van der Waals surface area contributed by atoms with Crippen LogP contribution in [0.4, 0.5) is 0 Å². The molecule has 16 heavy (non-hydrogen) atoms. The molecule has 0 aromatic carbocycles. The maximum absolute atomic E-state index is 5.31. The van der Waals surface area contributed by atoms with Gasteiger partial charge in [-0.1, -0.05) is 55.4 Å². The Morgan fingerprint density at radius 2 is 1.62 bits per heavy atom. The zero-order valence-electron chi connectivity index (χ0n) is 11.7. The van der Waals surface area contributed by atoms with Gasteiger partial charge in [0, 0.05) is 5.70 Å². The predicted octanol–water partition coefficient (Wildman–Crippen LogP) is 4.73. The summed E-state index contributed by atoms with van der Waals surface area (Å²) in [4.78, 5) is 0. The molecule has 0 unspecified atom stereocenters. The van der Waals surface area contributed by atoms with Crippen LogP contribution in [0.15, 0.2) is 47.2 Å². The molecule has 0 bridgehead atoms. The lowest BCUT2D eigenvalue weighted by Gasteiger charge is -1.88. The predicted molar refractivity (Wildman–Crippen MR) is 76.2 cm³/mol. The van der Waals surface area contributed by atoms with E-state index in [1.807, 2.05) is 34.6 Å². The maximum atomic E-state index is 5.31. The molecule has 92 valence electrons. The molecule has 0 saturated heterocycles. The highest BCUT2D eigenvalue weighted by Crippen LogP contribution is 2.02. The number of rotatable bonds is 0. The van der Waals surface area contributed by atoms with Crippen molar-refractivity contribution in [1.29, 1.82) is 0 Å². The molecule has 1 heteroatoms. The SMILES string of the molecule is CC.CC(C)=C(C)N.CC1=CCC=CC=C1. The van der Waals surface area contributed by atoms with Crippen molar-refractivity contribution in [3.8, 4) is 0 Å². The summed E-state index contributed by atoms with van der Waals surface area (Å²) in [5.74, 6) is 0. The molecule has 0 saturated carbocycles. The molecule has 0 aliphatic heterocycles. The van der Waals surface area contributed by atoms with Crippen LogP contribution in [0.5, 0.6) is 0 Å². The zero-order chi connectivity index (χ0) is 13.0. The fourth-order valence-corrected chi connectivity index (χ4v) is 0.686. The highest BCUT2D eigenvalue weighted by molar-refractivity contribution is 5.24. The third kappa shape index (κ3) is 12.8. The molecule has 1 aliphatic carbocycles. The van der Waals surface area contributed by atoms with Gasteiger partial charge in [-0.05, 0) is 34.1 Å². The summed E-state index contributed by atoms with van der Waals surface area (Å²) < 4.78 is 0. The summed E-state index contributed by atoms with van der Waals surface area (Å²) in [5.41, 5.74) is 8.80. The van der Waals surface area contributed by atoms with Crippen molar-refractivity contribution in [2.45, 2.75) is 48.0 Å².